The van der Waals surface area contributed by atoms with Crippen molar-refractivity contribution in [3.8, 4) is 6.07 Å². The normalized spacial score (nSPS) is 26.5. The van der Waals surface area contributed by atoms with E-state index < -0.39 is 6.10 Å². The number of carbonyl (C=O) groups is 1. The molecule has 6 nitrogen and oxygen atoms in total. The number of aliphatic hydroxyl groups is 3. The van der Waals surface area contributed by atoms with E-state index in [1.807, 2.05) is 0 Å². The fourth-order valence-electron chi connectivity index (χ4n) is 6.08. The van der Waals surface area contributed by atoms with Crippen LogP contribution in [0.2, 0.25) is 0 Å². The quantitative estimate of drug-likeness (QED) is 0.242. The van der Waals surface area contributed by atoms with Crippen LogP contribution >= 0.6 is 11.3 Å². The molecule has 2 saturated carbocycles. The lowest BCUT2D eigenvalue weighted by molar-refractivity contribution is -0.144. The number of hydrogen-bond donors (Lipinski definition) is 3. The second-order valence-corrected chi connectivity index (χ2v) is 11.1. The van der Waals surface area contributed by atoms with Crippen LogP contribution in [0, 0.1) is 29.1 Å². The zero-order chi connectivity index (χ0) is 24.4. The fourth-order valence-corrected chi connectivity index (χ4v) is 7.12. The smallest absolute Gasteiger partial charge is 0.305 e. The summed E-state index contributed by atoms with van der Waals surface area (Å²) in [6.07, 6.45) is 10.5. The van der Waals surface area contributed by atoms with Crippen molar-refractivity contribution in [2.24, 2.45) is 17.8 Å². The molecule has 34 heavy (non-hydrogen) atoms. The largest absolute Gasteiger partial charge is 0.463 e. The van der Waals surface area contributed by atoms with Crippen molar-refractivity contribution in [2.75, 3.05) is 13.2 Å². The molecule has 1 heterocycles. The summed E-state index contributed by atoms with van der Waals surface area (Å²) in [5, 5.41) is 42.2. The third-order valence-electron chi connectivity index (χ3n) is 8.16. The van der Waals surface area contributed by atoms with E-state index in [2.05, 4.69) is 23.6 Å². The lowest BCUT2D eigenvalue weighted by Crippen LogP contribution is -2.45. The lowest BCUT2D eigenvalue weighted by Gasteiger charge is -2.45. The number of rotatable bonds is 15. The number of thiophene rings is 1. The Morgan fingerprint density at radius 2 is 1.97 bits per heavy atom. The van der Waals surface area contributed by atoms with Gasteiger partial charge in [0, 0.05) is 16.7 Å². The van der Waals surface area contributed by atoms with E-state index in [1.54, 1.807) is 11.3 Å². The van der Waals surface area contributed by atoms with Crippen molar-refractivity contribution in [3.63, 3.8) is 0 Å². The van der Waals surface area contributed by atoms with E-state index >= 15 is 0 Å². The molecule has 0 radical (unpaired) electrons. The molecule has 2 aliphatic rings. The first-order valence-corrected chi connectivity index (χ1v) is 14.0. The predicted octanol–water partition coefficient (Wildman–Crippen LogP) is 4.71. The maximum atomic E-state index is 11.5. The SMILES string of the molecule is N#CC1C[C@@H](O)C(CCCC(O)C2(c3cccs3)CCC2)[C@H]1CCCCCCC(=O)OCCO. The first-order chi connectivity index (χ1) is 16.5. The number of nitrogens with zero attached hydrogens (tertiary/aromatic N) is 1. The number of carbonyl (C=O) groups excluding carboxylic acids is 1. The van der Waals surface area contributed by atoms with Gasteiger partial charge in [0.2, 0.25) is 0 Å². The Morgan fingerprint density at radius 1 is 1.21 bits per heavy atom. The first kappa shape index (κ1) is 27.1. The van der Waals surface area contributed by atoms with Crippen LogP contribution in [0.15, 0.2) is 17.5 Å². The van der Waals surface area contributed by atoms with Crippen molar-refractivity contribution in [1.82, 2.24) is 0 Å². The second-order valence-electron chi connectivity index (χ2n) is 10.2. The molecular weight excluding hydrogens is 450 g/mol. The molecule has 5 atom stereocenters. The van der Waals surface area contributed by atoms with Crippen molar-refractivity contribution in [2.45, 2.75) is 101 Å². The molecule has 0 aliphatic heterocycles. The van der Waals surface area contributed by atoms with Crippen molar-refractivity contribution >= 4 is 17.3 Å². The van der Waals surface area contributed by atoms with Gasteiger partial charge in [-0.3, -0.25) is 4.79 Å². The zero-order valence-corrected chi connectivity index (χ0v) is 21.1. The van der Waals surface area contributed by atoms with Gasteiger partial charge in [-0.05, 0) is 68.2 Å². The summed E-state index contributed by atoms with van der Waals surface area (Å²) in [5.41, 5.74) is -0.0679. The van der Waals surface area contributed by atoms with E-state index in [4.69, 9.17) is 9.84 Å². The number of esters is 1. The van der Waals surface area contributed by atoms with Gasteiger partial charge >= 0.3 is 5.97 Å². The van der Waals surface area contributed by atoms with Gasteiger partial charge in [0.1, 0.15) is 6.61 Å². The molecule has 2 aliphatic carbocycles. The van der Waals surface area contributed by atoms with E-state index in [1.165, 1.54) is 11.3 Å². The number of unbranched alkanes of at least 4 members (excludes halogenated alkanes) is 3. The van der Waals surface area contributed by atoms with Gasteiger partial charge in [-0.1, -0.05) is 38.2 Å². The van der Waals surface area contributed by atoms with E-state index in [-0.39, 0.29) is 48.5 Å². The summed E-state index contributed by atoms with van der Waals surface area (Å²) in [6.45, 7) is -0.0828. The molecule has 0 spiro atoms. The maximum absolute atomic E-state index is 11.5. The average molecular weight is 492 g/mol. The Morgan fingerprint density at radius 3 is 2.62 bits per heavy atom. The number of aliphatic hydroxyl groups excluding tert-OH is 3. The standard InChI is InChI=1S/C27H41NO5S/c28-19-20-18-23(30)22(21(20)8-3-1-2-4-12-26(32)33-16-15-29)9-5-10-24(31)27(13-7-14-27)25-11-6-17-34-25/h6,11,17,20-24,29-31H,1-5,7-10,12-16,18H2/t20?,21-,22?,23+,24?/m0/s1. The highest BCUT2D eigenvalue weighted by Crippen LogP contribution is 2.50. The minimum atomic E-state index is -0.428. The Bertz CT molecular complexity index is 772. The Labute approximate surface area is 208 Å². The Kier molecular flexibility index (Phi) is 10.8. The van der Waals surface area contributed by atoms with Crippen LogP contribution in [-0.2, 0) is 14.9 Å². The number of hydrogen-bond acceptors (Lipinski definition) is 7. The van der Waals surface area contributed by atoms with Crippen molar-refractivity contribution in [3.05, 3.63) is 22.4 Å². The van der Waals surface area contributed by atoms with E-state index in [0.717, 1.165) is 64.2 Å². The van der Waals surface area contributed by atoms with Crippen LogP contribution in [0.25, 0.3) is 0 Å². The molecular formula is C27H41NO5S. The van der Waals surface area contributed by atoms with Crippen LogP contribution in [0.4, 0.5) is 0 Å². The Balaban J connectivity index is 1.41. The second kappa shape index (κ2) is 13.6. The summed E-state index contributed by atoms with van der Waals surface area (Å²) in [7, 11) is 0. The molecule has 3 rings (SSSR count). The van der Waals surface area contributed by atoms with Gasteiger partial charge in [0.05, 0.1) is 30.8 Å². The van der Waals surface area contributed by atoms with E-state index in [0.29, 0.717) is 12.8 Å². The van der Waals surface area contributed by atoms with E-state index in [9.17, 15) is 20.3 Å². The summed E-state index contributed by atoms with van der Waals surface area (Å²) < 4.78 is 4.87. The molecule has 3 unspecified atom stereocenters. The molecule has 1 aromatic rings. The fraction of sp³-hybridized carbons (Fsp3) is 0.778. The molecule has 7 heteroatoms. The monoisotopic (exact) mass is 491 g/mol. The minimum absolute atomic E-state index is 0.0613. The van der Waals surface area contributed by atoms with Crippen LogP contribution in [-0.4, -0.2) is 46.7 Å². The molecule has 0 aromatic carbocycles. The van der Waals surface area contributed by atoms with Crippen LogP contribution < -0.4 is 0 Å². The molecule has 0 saturated heterocycles. The van der Waals surface area contributed by atoms with Gasteiger partial charge < -0.3 is 20.1 Å². The van der Waals surface area contributed by atoms with Crippen LogP contribution in [0.1, 0.15) is 88.3 Å². The van der Waals surface area contributed by atoms with Crippen molar-refractivity contribution in [1.29, 1.82) is 5.26 Å². The maximum Gasteiger partial charge on any atom is 0.305 e. The third-order valence-corrected chi connectivity index (χ3v) is 9.25. The molecule has 3 N–H and O–H groups in total. The summed E-state index contributed by atoms with van der Waals surface area (Å²) in [4.78, 5) is 12.8. The topological polar surface area (TPSA) is 111 Å². The highest BCUT2D eigenvalue weighted by atomic mass is 32.1. The highest BCUT2D eigenvalue weighted by Gasteiger charge is 2.46. The molecule has 0 amide bonds. The molecule has 190 valence electrons. The summed E-state index contributed by atoms with van der Waals surface area (Å²) in [5.74, 6) is -0.0176. The number of nitriles is 1. The molecule has 0 bridgehead atoms. The molecule has 1 aromatic heterocycles. The van der Waals surface area contributed by atoms with Crippen molar-refractivity contribution < 1.29 is 24.9 Å². The van der Waals surface area contributed by atoms with Crippen LogP contribution in [0.3, 0.4) is 0 Å². The summed E-state index contributed by atoms with van der Waals surface area (Å²) >= 11 is 1.74. The molecule has 2 fully saturated rings. The third kappa shape index (κ3) is 6.81. The van der Waals surface area contributed by atoms with Gasteiger partial charge in [-0.15, -0.1) is 11.3 Å². The highest BCUT2D eigenvalue weighted by molar-refractivity contribution is 7.10. The van der Waals surface area contributed by atoms with Gasteiger partial charge in [-0.2, -0.15) is 5.26 Å². The predicted molar refractivity (Wildman–Crippen MR) is 132 cm³/mol. The first-order valence-electron chi connectivity index (χ1n) is 13.1. The number of ether oxygens (including phenoxy) is 1. The lowest BCUT2D eigenvalue weighted by atomic mass is 9.63. The van der Waals surface area contributed by atoms with Gasteiger partial charge in [0.15, 0.2) is 0 Å². The Hall–Kier alpha value is -1.46. The van der Waals surface area contributed by atoms with Gasteiger partial charge in [-0.25, -0.2) is 0 Å². The van der Waals surface area contributed by atoms with Gasteiger partial charge in [0.25, 0.3) is 0 Å². The van der Waals surface area contributed by atoms with Crippen LogP contribution in [0.5, 0.6) is 0 Å². The minimum Gasteiger partial charge on any atom is -0.463 e. The summed E-state index contributed by atoms with van der Waals surface area (Å²) in [6, 6.07) is 6.65. The zero-order valence-electron chi connectivity index (χ0n) is 20.2. The average Bonchev–Trinajstić information content (AvgIpc) is 3.43.